The molecule has 1 heterocycles. The fourth-order valence-corrected chi connectivity index (χ4v) is 13.5. The molecule has 13 aromatic rings. The van der Waals surface area contributed by atoms with Gasteiger partial charge < -0.3 is 14.4 Å². The molecule has 15 rings (SSSR count). The number of rotatable bonds is 8. The zero-order chi connectivity index (χ0) is 51.6. The van der Waals surface area contributed by atoms with Gasteiger partial charge in [-0.05, 0) is 157 Å². The molecule has 12 aromatic carbocycles. The van der Waals surface area contributed by atoms with E-state index in [0.717, 1.165) is 50.9 Å². The van der Waals surface area contributed by atoms with Crippen LogP contribution < -0.4 is 9.80 Å². The third-order valence-corrected chi connectivity index (χ3v) is 17.1. The number of fused-ring (bicyclic) bond motifs is 14. The lowest BCUT2D eigenvalue weighted by molar-refractivity contribution is 0.660. The van der Waals surface area contributed by atoms with Crippen LogP contribution in [-0.4, -0.2) is 4.57 Å². The Morgan fingerprint density at radius 2 is 0.753 bits per heavy atom. The number of hydrogen-bond acceptors (Lipinski definition) is 2. The Morgan fingerprint density at radius 1 is 0.299 bits per heavy atom. The Bertz CT molecular complexity index is 4510. The molecule has 3 heteroatoms. The molecule has 366 valence electrons. The summed E-state index contributed by atoms with van der Waals surface area (Å²) in [7, 11) is 0. The van der Waals surface area contributed by atoms with Crippen LogP contribution in [0.2, 0.25) is 0 Å². The highest BCUT2D eigenvalue weighted by Gasteiger charge is 2.38. The molecule has 0 bridgehead atoms. The van der Waals surface area contributed by atoms with Crippen LogP contribution in [0.5, 0.6) is 0 Å². The van der Waals surface area contributed by atoms with Crippen molar-refractivity contribution in [3.05, 3.63) is 283 Å². The van der Waals surface area contributed by atoms with E-state index in [0.29, 0.717) is 0 Å². The molecule has 2 aliphatic rings. The molecule has 0 saturated carbocycles. The van der Waals surface area contributed by atoms with E-state index in [1.54, 1.807) is 0 Å². The summed E-state index contributed by atoms with van der Waals surface area (Å²) >= 11 is 0. The topological polar surface area (TPSA) is 11.4 Å². The van der Waals surface area contributed by atoms with Crippen molar-refractivity contribution in [1.82, 2.24) is 4.57 Å². The first-order valence-electron chi connectivity index (χ1n) is 27.0. The van der Waals surface area contributed by atoms with Gasteiger partial charge in [0.1, 0.15) is 0 Å². The number of nitrogens with zero attached hydrogens (tertiary/aromatic N) is 3. The molecule has 0 atom stereocenters. The van der Waals surface area contributed by atoms with Crippen LogP contribution in [0, 0.1) is 0 Å². The molecule has 0 radical (unpaired) electrons. The van der Waals surface area contributed by atoms with Gasteiger partial charge in [0.25, 0.3) is 0 Å². The van der Waals surface area contributed by atoms with E-state index in [4.69, 9.17) is 0 Å². The molecule has 77 heavy (non-hydrogen) atoms. The van der Waals surface area contributed by atoms with Crippen LogP contribution in [0.3, 0.4) is 0 Å². The third-order valence-electron chi connectivity index (χ3n) is 17.1. The van der Waals surface area contributed by atoms with Crippen LogP contribution in [0.1, 0.15) is 49.9 Å². The van der Waals surface area contributed by atoms with Crippen LogP contribution in [0.4, 0.5) is 34.1 Å². The van der Waals surface area contributed by atoms with Gasteiger partial charge in [-0.3, -0.25) is 0 Å². The number of aromatic nitrogens is 1. The SMILES string of the molecule is CC1(C)c2ccccc2-c2ccc(N(c3ccccc3)c3ccc(N(c4ccccc4)c4ccc5c(c4)C(C)(C)c4ccccc4-5)c(-c4ccc5c(c4)c4c6ccccc6c6ccccc6c4n5-c4ccccc4)c3)cc21. The maximum atomic E-state index is 2.49. The van der Waals surface area contributed by atoms with E-state index >= 15 is 0 Å². The van der Waals surface area contributed by atoms with Crippen molar-refractivity contribution < 1.29 is 0 Å². The monoisotopic (exact) mass is 985 g/mol. The van der Waals surface area contributed by atoms with Crippen molar-refractivity contribution in [2.24, 2.45) is 0 Å². The number of para-hydroxylation sites is 3. The second-order valence-electron chi connectivity index (χ2n) is 22.1. The van der Waals surface area contributed by atoms with Crippen molar-refractivity contribution in [2.45, 2.75) is 38.5 Å². The summed E-state index contributed by atoms with van der Waals surface area (Å²) in [6.45, 7) is 9.49. The normalized spacial score (nSPS) is 13.7. The summed E-state index contributed by atoms with van der Waals surface area (Å²) in [5.74, 6) is 0. The van der Waals surface area contributed by atoms with E-state index in [-0.39, 0.29) is 10.8 Å². The van der Waals surface area contributed by atoms with Gasteiger partial charge in [-0.1, -0.05) is 198 Å². The van der Waals surface area contributed by atoms with Gasteiger partial charge in [-0.2, -0.15) is 0 Å². The Morgan fingerprint density at radius 3 is 1.36 bits per heavy atom. The van der Waals surface area contributed by atoms with E-state index < -0.39 is 0 Å². The molecule has 0 aliphatic heterocycles. The Kier molecular flexibility index (Phi) is 9.96. The van der Waals surface area contributed by atoms with Gasteiger partial charge in [0, 0.05) is 66.7 Å². The summed E-state index contributed by atoms with van der Waals surface area (Å²) in [5, 5.41) is 7.46. The van der Waals surface area contributed by atoms with Gasteiger partial charge >= 0.3 is 0 Å². The smallest absolute Gasteiger partial charge is 0.0625 e. The average Bonchev–Trinajstić information content (AvgIpc) is 4.25. The van der Waals surface area contributed by atoms with E-state index in [1.807, 2.05) is 0 Å². The van der Waals surface area contributed by atoms with E-state index in [2.05, 4.69) is 303 Å². The predicted octanol–water partition coefficient (Wildman–Crippen LogP) is 20.3. The van der Waals surface area contributed by atoms with Crippen molar-refractivity contribution >= 4 is 77.5 Å². The quantitative estimate of drug-likeness (QED) is 0.141. The highest BCUT2D eigenvalue weighted by molar-refractivity contribution is 6.32. The maximum Gasteiger partial charge on any atom is 0.0625 e. The summed E-state index contributed by atoms with van der Waals surface area (Å²) in [6, 6.07) is 97.1. The van der Waals surface area contributed by atoms with Crippen LogP contribution >= 0.6 is 0 Å². The molecular formula is C74H55N3. The van der Waals surface area contributed by atoms with E-state index in [9.17, 15) is 0 Å². The Labute approximate surface area is 450 Å². The minimum absolute atomic E-state index is 0.162. The zero-order valence-electron chi connectivity index (χ0n) is 43.7. The molecular weight excluding hydrogens is 931 g/mol. The molecule has 0 saturated heterocycles. The first-order chi connectivity index (χ1) is 37.7. The lowest BCUT2D eigenvalue weighted by atomic mass is 9.82. The lowest BCUT2D eigenvalue weighted by Crippen LogP contribution is -2.17. The predicted molar refractivity (Wildman–Crippen MR) is 326 cm³/mol. The lowest BCUT2D eigenvalue weighted by Gasteiger charge is -2.32. The number of anilines is 6. The fraction of sp³-hybridized carbons (Fsp3) is 0.0811. The second kappa shape index (κ2) is 17.0. The minimum atomic E-state index is -0.177. The summed E-state index contributed by atoms with van der Waals surface area (Å²) in [4.78, 5) is 4.94. The summed E-state index contributed by atoms with van der Waals surface area (Å²) < 4.78 is 2.49. The maximum absolute atomic E-state index is 2.49. The molecule has 2 aliphatic carbocycles. The van der Waals surface area contributed by atoms with Gasteiger partial charge in [-0.15, -0.1) is 0 Å². The second-order valence-corrected chi connectivity index (χ2v) is 22.1. The minimum Gasteiger partial charge on any atom is -0.310 e. The molecule has 0 N–H and O–H groups in total. The molecule has 0 amide bonds. The van der Waals surface area contributed by atoms with Crippen molar-refractivity contribution in [3.8, 4) is 39.1 Å². The molecule has 0 fully saturated rings. The van der Waals surface area contributed by atoms with E-state index in [1.165, 1.54) is 87.9 Å². The molecule has 1 aromatic heterocycles. The van der Waals surface area contributed by atoms with Crippen LogP contribution in [0.25, 0.3) is 82.4 Å². The summed E-state index contributed by atoms with van der Waals surface area (Å²) in [5.41, 5.74) is 22.7. The highest BCUT2D eigenvalue weighted by atomic mass is 15.2. The third kappa shape index (κ3) is 6.76. The Hall–Kier alpha value is -9.44. The standard InChI is InChI=1S/C74H55N3/c1-73(2)65-34-20-18-30-57(65)59-40-37-53(46-67(59)73)75(49-22-8-5-9-23-49)52-39-43-69(76(50-24-10-6-11-25-50)54-38-41-60-58-31-19-21-35-66(58)74(3,4)68(60)47-54)63(45-52)48-36-42-70-64(44-48)71-61-32-16-14-28-55(61)56-29-15-17-33-62(56)72(71)77(70)51-26-12-7-13-27-51/h5-47H,1-4H3. The van der Waals surface area contributed by atoms with Crippen molar-refractivity contribution in [2.75, 3.05) is 9.80 Å². The van der Waals surface area contributed by atoms with Crippen LogP contribution in [0.15, 0.2) is 261 Å². The number of benzene rings is 12. The Balaban J connectivity index is 1.02. The first kappa shape index (κ1) is 45.0. The largest absolute Gasteiger partial charge is 0.310 e. The highest BCUT2D eigenvalue weighted by Crippen LogP contribution is 2.54. The van der Waals surface area contributed by atoms with Crippen molar-refractivity contribution in [1.29, 1.82) is 0 Å². The fourth-order valence-electron chi connectivity index (χ4n) is 13.5. The summed E-state index contributed by atoms with van der Waals surface area (Å²) in [6.07, 6.45) is 0. The van der Waals surface area contributed by atoms with Crippen molar-refractivity contribution in [3.63, 3.8) is 0 Å². The first-order valence-corrected chi connectivity index (χ1v) is 27.0. The number of hydrogen-bond donors (Lipinski definition) is 0. The molecule has 3 nitrogen and oxygen atoms in total. The van der Waals surface area contributed by atoms with Gasteiger partial charge in [0.05, 0.1) is 16.7 Å². The molecule has 0 spiro atoms. The van der Waals surface area contributed by atoms with Gasteiger partial charge in [0.15, 0.2) is 0 Å². The van der Waals surface area contributed by atoms with Crippen LogP contribution in [-0.2, 0) is 10.8 Å². The van der Waals surface area contributed by atoms with Gasteiger partial charge in [-0.25, -0.2) is 0 Å². The zero-order valence-corrected chi connectivity index (χ0v) is 43.7. The molecule has 0 unspecified atom stereocenters. The average molecular weight is 986 g/mol. The van der Waals surface area contributed by atoms with Gasteiger partial charge in [0.2, 0.25) is 0 Å².